The zero-order valence-corrected chi connectivity index (χ0v) is 47.0. The minimum Gasteiger partial charge on any atom is -0.462 e. The predicted molar refractivity (Wildman–Crippen MR) is 298 cm³/mol. The average Bonchev–Trinajstić information content (AvgIpc) is 3.37. The van der Waals surface area contributed by atoms with Crippen LogP contribution in [-0.2, 0) is 42.2 Å². The van der Waals surface area contributed by atoms with E-state index in [0.717, 1.165) is 103 Å². The number of carbonyl (C=O) groups excluding carboxylic acids is 3. The number of rotatable bonds is 54. The first-order chi connectivity index (χ1) is 35.2. The van der Waals surface area contributed by atoms with Crippen molar-refractivity contribution in [3.05, 3.63) is 60.8 Å². The molecule has 0 rings (SSSR count). The van der Waals surface area contributed by atoms with Gasteiger partial charge in [-0.3, -0.25) is 23.4 Å². The van der Waals surface area contributed by atoms with Crippen LogP contribution in [-0.4, -0.2) is 66.5 Å². The van der Waals surface area contributed by atoms with Crippen LogP contribution >= 0.6 is 7.82 Å². The lowest BCUT2D eigenvalue weighted by Crippen LogP contribution is -2.30. The van der Waals surface area contributed by atoms with Gasteiger partial charge in [0.15, 0.2) is 6.10 Å². The molecule has 0 bridgehead atoms. The summed E-state index contributed by atoms with van der Waals surface area (Å²) in [6.45, 7) is 4.56. The highest BCUT2D eigenvalue weighted by molar-refractivity contribution is 7.47. The van der Waals surface area contributed by atoms with Crippen molar-refractivity contribution in [1.82, 2.24) is 0 Å². The monoisotopic (exact) mass is 1030 g/mol. The summed E-state index contributed by atoms with van der Waals surface area (Å²) in [7, 11) is -4.75. The molecule has 0 amide bonds. The molecule has 12 heteroatoms. The molecule has 72 heavy (non-hydrogen) atoms. The fourth-order valence-electron chi connectivity index (χ4n) is 7.92. The fraction of sp³-hybridized carbons (Fsp3) is 0.783. The fourth-order valence-corrected chi connectivity index (χ4v) is 8.71. The molecule has 0 aliphatic carbocycles. The van der Waals surface area contributed by atoms with Crippen LogP contribution in [0.1, 0.15) is 265 Å². The first kappa shape index (κ1) is 69.2. The van der Waals surface area contributed by atoms with Gasteiger partial charge in [0.2, 0.25) is 0 Å². The molecule has 0 aliphatic heterocycles. The maximum atomic E-state index is 12.9. The van der Waals surface area contributed by atoms with Gasteiger partial charge < -0.3 is 24.2 Å². The number of carbonyl (C=O) groups is 3. The molecular weight excluding hydrogens is 928 g/mol. The number of aliphatic hydroxyl groups excluding tert-OH is 1. The van der Waals surface area contributed by atoms with E-state index in [0.29, 0.717) is 19.3 Å². The third kappa shape index (κ3) is 52.1. The van der Waals surface area contributed by atoms with Crippen LogP contribution in [0, 0.1) is 0 Å². The molecule has 0 aliphatic rings. The Morgan fingerprint density at radius 1 is 0.389 bits per heavy atom. The Bertz CT molecular complexity index is 1440. The van der Waals surface area contributed by atoms with E-state index in [2.05, 4.69) is 81.5 Å². The van der Waals surface area contributed by atoms with Crippen LogP contribution < -0.4 is 0 Å². The Hall–Kier alpha value is -2.82. The lowest BCUT2D eigenvalue weighted by Gasteiger charge is -2.21. The van der Waals surface area contributed by atoms with Crippen molar-refractivity contribution >= 4 is 25.7 Å². The quantitative estimate of drug-likeness (QED) is 0.0197. The van der Waals surface area contributed by atoms with Crippen molar-refractivity contribution in [2.75, 3.05) is 26.4 Å². The van der Waals surface area contributed by atoms with Crippen LogP contribution in [0.4, 0.5) is 0 Å². The average molecular weight is 1040 g/mol. The Balaban J connectivity index is 4.74. The normalized spacial score (nSPS) is 13.8. The Kier molecular flexibility index (Phi) is 52.3. The zero-order chi connectivity index (χ0) is 52.7. The van der Waals surface area contributed by atoms with Crippen molar-refractivity contribution in [3.63, 3.8) is 0 Å². The number of aliphatic hydroxyl groups is 1. The largest absolute Gasteiger partial charge is 0.472 e. The summed E-state index contributed by atoms with van der Waals surface area (Å²) < 4.78 is 39.5. The second-order valence-corrected chi connectivity index (χ2v) is 20.9. The summed E-state index contributed by atoms with van der Waals surface area (Å²) in [6, 6.07) is 0. The van der Waals surface area contributed by atoms with Gasteiger partial charge in [0, 0.05) is 19.3 Å². The number of hydrogen-bond donors (Lipinski definition) is 2. The molecule has 418 valence electrons. The first-order valence-electron chi connectivity index (χ1n) is 29.2. The lowest BCUT2D eigenvalue weighted by molar-refractivity contribution is -0.161. The third-order valence-corrected chi connectivity index (χ3v) is 13.4. The summed E-state index contributed by atoms with van der Waals surface area (Å²) >= 11 is 0. The van der Waals surface area contributed by atoms with E-state index in [1.54, 1.807) is 0 Å². The molecule has 0 aromatic rings. The van der Waals surface area contributed by atoms with Gasteiger partial charge in [-0.2, -0.15) is 0 Å². The second kappa shape index (κ2) is 54.4. The second-order valence-electron chi connectivity index (χ2n) is 19.5. The van der Waals surface area contributed by atoms with Crippen molar-refractivity contribution in [3.8, 4) is 0 Å². The summed E-state index contributed by atoms with van der Waals surface area (Å²) in [4.78, 5) is 48.5. The molecule has 0 heterocycles. The van der Waals surface area contributed by atoms with E-state index in [9.17, 15) is 28.9 Å². The highest BCUT2D eigenvalue weighted by atomic mass is 31.2. The molecule has 3 unspecified atom stereocenters. The number of ether oxygens (including phenoxy) is 3. The summed E-state index contributed by atoms with van der Waals surface area (Å²) in [5, 5.41) is 9.77. The summed E-state index contributed by atoms with van der Waals surface area (Å²) in [6.07, 6.45) is 58.9. The third-order valence-electron chi connectivity index (χ3n) is 12.4. The van der Waals surface area contributed by atoms with Gasteiger partial charge in [-0.25, -0.2) is 4.57 Å². The van der Waals surface area contributed by atoms with E-state index >= 15 is 0 Å². The highest BCUT2D eigenvalue weighted by Gasteiger charge is 2.28. The van der Waals surface area contributed by atoms with Gasteiger partial charge in [0.1, 0.15) is 12.7 Å². The number of phosphoric acid groups is 1. The molecule has 0 fully saturated rings. The molecule has 2 N–H and O–H groups in total. The molecule has 0 spiro atoms. The zero-order valence-electron chi connectivity index (χ0n) is 46.1. The minimum atomic E-state index is -4.75. The van der Waals surface area contributed by atoms with E-state index in [4.69, 9.17) is 23.3 Å². The molecule has 0 aromatic carbocycles. The first-order valence-corrected chi connectivity index (χ1v) is 30.7. The minimum absolute atomic E-state index is 0.152. The smallest absolute Gasteiger partial charge is 0.462 e. The van der Waals surface area contributed by atoms with Gasteiger partial charge in [-0.05, 0) is 89.9 Å². The number of unbranched alkanes of at least 4 members (excludes halogenated alkanes) is 27. The van der Waals surface area contributed by atoms with Crippen LogP contribution in [0.5, 0.6) is 0 Å². The summed E-state index contributed by atoms with van der Waals surface area (Å²) in [5.74, 6) is -1.48. The van der Waals surface area contributed by atoms with Gasteiger partial charge in [0.25, 0.3) is 0 Å². The summed E-state index contributed by atoms with van der Waals surface area (Å²) in [5.41, 5.74) is 0. The van der Waals surface area contributed by atoms with Crippen LogP contribution in [0.25, 0.3) is 0 Å². The lowest BCUT2D eigenvalue weighted by atomic mass is 10.1. The van der Waals surface area contributed by atoms with E-state index in [1.807, 2.05) is 0 Å². The van der Waals surface area contributed by atoms with Crippen molar-refractivity contribution in [1.29, 1.82) is 0 Å². The molecular formula is C60H107O11P. The molecule has 0 saturated heterocycles. The molecule has 0 radical (unpaired) electrons. The number of allylic oxidation sites excluding steroid dienone is 10. The Labute approximate surface area is 440 Å². The number of phosphoric ester groups is 1. The SMILES string of the molecule is CCCCC/C=C\C/C=C\C/C=C\CCCCCCCCC(=O)OC(COC(=O)CCCCCCCCC/C=C\C/C=C\CCCCC)COP(=O)(O)OCC(CO)OC(=O)CCCCCCCCCCC. The van der Waals surface area contributed by atoms with Crippen molar-refractivity contribution in [2.24, 2.45) is 0 Å². The Morgan fingerprint density at radius 3 is 1.07 bits per heavy atom. The Morgan fingerprint density at radius 2 is 0.681 bits per heavy atom. The molecule has 3 atom stereocenters. The van der Waals surface area contributed by atoms with Crippen molar-refractivity contribution < 1.29 is 52.2 Å². The number of hydrogen-bond acceptors (Lipinski definition) is 10. The molecule has 0 saturated carbocycles. The van der Waals surface area contributed by atoms with Crippen LogP contribution in [0.15, 0.2) is 60.8 Å². The molecule has 0 aromatic heterocycles. The van der Waals surface area contributed by atoms with Gasteiger partial charge in [-0.1, -0.05) is 216 Å². The highest BCUT2D eigenvalue weighted by Crippen LogP contribution is 2.43. The topological polar surface area (TPSA) is 155 Å². The van der Waals surface area contributed by atoms with Crippen LogP contribution in [0.3, 0.4) is 0 Å². The van der Waals surface area contributed by atoms with E-state index in [-0.39, 0.29) is 25.9 Å². The maximum absolute atomic E-state index is 12.9. The maximum Gasteiger partial charge on any atom is 0.472 e. The van der Waals surface area contributed by atoms with E-state index in [1.165, 1.54) is 103 Å². The van der Waals surface area contributed by atoms with Crippen LogP contribution in [0.2, 0.25) is 0 Å². The van der Waals surface area contributed by atoms with Gasteiger partial charge in [-0.15, -0.1) is 0 Å². The van der Waals surface area contributed by atoms with Gasteiger partial charge in [0.05, 0.1) is 19.8 Å². The van der Waals surface area contributed by atoms with E-state index < -0.39 is 57.8 Å². The molecule has 11 nitrogen and oxygen atoms in total. The standard InChI is InChI=1S/C60H107O11P/c1-4-7-10-13-16-19-21-23-25-27-28-30-32-34-36-39-42-45-48-51-60(64)71-57(53-67-58(62)49-46-43-40-38-35-33-31-29-26-24-22-20-17-14-11-8-5-2)55-69-72(65,66)68-54-56(52-61)70-59(63)50-47-44-41-37-18-15-12-9-6-3/h16-17,19-20,23-26,28,30,56-57,61H,4-15,18,21-22,27,29,31-55H2,1-3H3,(H,65,66)/b19-16-,20-17-,25-23-,26-24-,30-28-. The predicted octanol–water partition coefficient (Wildman–Crippen LogP) is 17.1. The van der Waals surface area contributed by atoms with Gasteiger partial charge >= 0.3 is 25.7 Å². The number of esters is 3. The van der Waals surface area contributed by atoms with Crippen molar-refractivity contribution in [2.45, 2.75) is 277 Å².